The second kappa shape index (κ2) is 10.8. The Morgan fingerprint density at radius 2 is 1.93 bits per heavy atom. The number of amides is 2. The van der Waals surface area contributed by atoms with E-state index in [1.165, 1.54) is 9.30 Å². The number of piperazine rings is 1. The summed E-state index contributed by atoms with van der Waals surface area (Å²) in [4.78, 5) is 49.6. The summed E-state index contributed by atoms with van der Waals surface area (Å²) in [6, 6.07) is 10.8. The first kappa shape index (κ1) is 26.1. The topological polar surface area (TPSA) is 106 Å². The maximum atomic E-state index is 13.7. The number of ether oxygens (including phenoxy) is 3. The molecule has 2 fully saturated rings. The zero-order chi connectivity index (χ0) is 27.8. The zero-order valence-corrected chi connectivity index (χ0v) is 23.2. The second-order valence-electron chi connectivity index (χ2n) is 9.21. The molecule has 3 aliphatic heterocycles. The Morgan fingerprint density at radius 1 is 1.12 bits per heavy atom. The summed E-state index contributed by atoms with van der Waals surface area (Å²) >= 11 is 6.70. The molecule has 2 amide bonds. The molecular formula is C27H25N5O6S2. The van der Waals surface area contributed by atoms with Crippen molar-refractivity contribution >= 4 is 57.8 Å². The molecule has 11 nitrogen and oxygen atoms in total. The van der Waals surface area contributed by atoms with Crippen LogP contribution in [0.2, 0.25) is 0 Å². The lowest BCUT2D eigenvalue weighted by atomic mass is 10.2. The van der Waals surface area contributed by atoms with Gasteiger partial charge in [-0.15, -0.1) is 0 Å². The average molecular weight is 580 g/mol. The van der Waals surface area contributed by atoms with Crippen LogP contribution in [-0.2, 0) is 16.1 Å². The van der Waals surface area contributed by atoms with Crippen LogP contribution in [-0.4, -0.2) is 75.1 Å². The Morgan fingerprint density at radius 3 is 2.73 bits per heavy atom. The van der Waals surface area contributed by atoms with Gasteiger partial charge in [0.05, 0.1) is 23.6 Å². The van der Waals surface area contributed by atoms with Crippen molar-refractivity contribution in [2.75, 3.05) is 44.5 Å². The van der Waals surface area contributed by atoms with E-state index in [0.29, 0.717) is 65.0 Å². The second-order valence-corrected chi connectivity index (χ2v) is 10.9. The van der Waals surface area contributed by atoms with E-state index < -0.39 is 0 Å². The molecular weight excluding hydrogens is 554 g/mol. The Balaban J connectivity index is 1.31. The van der Waals surface area contributed by atoms with Crippen LogP contribution in [0.1, 0.15) is 18.1 Å². The molecule has 0 saturated carbocycles. The first-order chi connectivity index (χ1) is 19.4. The summed E-state index contributed by atoms with van der Waals surface area (Å²) in [5, 5.41) is 0. The number of fused-ring (bicyclic) bond motifs is 2. The molecule has 0 radical (unpaired) electrons. The Labute approximate surface area is 238 Å². The van der Waals surface area contributed by atoms with Crippen LogP contribution >= 0.6 is 24.0 Å². The first-order valence-electron chi connectivity index (χ1n) is 12.7. The Kier molecular flexibility index (Phi) is 7.07. The lowest BCUT2D eigenvalue weighted by Gasteiger charge is -2.35. The van der Waals surface area contributed by atoms with E-state index in [2.05, 4.69) is 0 Å². The maximum absolute atomic E-state index is 13.7. The monoisotopic (exact) mass is 579 g/mol. The first-order valence-corrected chi connectivity index (χ1v) is 14.0. The SMILES string of the molecule is CCOC(=O)N1CCN(c2nc3ccccn3c(=O)c2C=C2SC(=S)N(Cc3ccc4c(c3)OCO4)C2=O)CC1. The number of nitrogens with zero attached hydrogens (tertiary/aromatic N) is 5. The van der Waals surface area contributed by atoms with Crippen LogP contribution in [0.25, 0.3) is 11.7 Å². The van der Waals surface area contributed by atoms with Crippen molar-refractivity contribution < 1.29 is 23.8 Å². The van der Waals surface area contributed by atoms with Crippen LogP contribution in [0.4, 0.5) is 10.6 Å². The summed E-state index contributed by atoms with van der Waals surface area (Å²) in [7, 11) is 0. The number of thioether (sulfide) groups is 1. The van der Waals surface area contributed by atoms with Gasteiger partial charge >= 0.3 is 6.09 Å². The van der Waals surface area contributed by atoms with Crippen molar-refractivity contribution in [2.24, 2.45) is 0 Å². The van der Waals surface area contributed by atoms with Crippen LogP contribution in [0.15, 0.2) is 52.3 Å². The number of carbonyl (C=O) groups is 2. The number of rotatable bonds is 5. The third-order valence-corrected chi connectivity index (χ3v) is 8.16. The standard InChI is InChI=1S/C27H25N5O6S2/c1-2-36-26(35)30-11-9-29(10-12-30)23-18(24(33)31-8-4-3-5-22(31)28-23)14-21-25(34)32(27(39)40-21)15-17-6-7-19-20(13-17)38-16-37-19/h3-8,13-14H,2,9-12,15-16H2,1H3. The van der Waals surface area contributed by atoms with Crippen molar-refractivity contribution in [1.82, 2.24) is 19.2 Å². The number of benzene rings is 1. The van der Waals surface area contributed by atoms with Crippen molar-refractivity contribution in [3.8, 4) is 11.5 Å². The molecule has 0 spiro atoms. The van der Waals surface area contributed by atoms with Gasteiger partial charge in [-0.05, 0) is 42.8 Å². The predicted octanol–water partition coefficient (Wildman–Crippen LogP) is 3.10. The molecule has 0 atom stereocenters. The maximum Gasteiger partial charge on any atom is 0.409 e. The largest absolute Gasteiger partial charge is 0.454 e. The van der Waals surface area contributed by atoms with Crippen molar-refractivity contribution in [2.45, 2.75) is 13.5 Å². The summed E-state index contributed by atoms with van der Waals surface area (Å²) in [5.74, 6) is 1.46. The van der Waals surface area contributed by atoms with E-state index in [-0.39, 0.29) is 36.5 Å². The molecule has 0 aliphatic carbocycles. The number of anilines is 1. The van der Waals surface area contributed by atoms with Gasteiger partial charge in [0.2, 0.25) is 6.79 Å². The van der Waals surface area contributed by atoms with Crippen LogP contribution < -0.4 is 19.9 Å². The molecule has 0 bridgehead atoms. The number of pyridine rings is 1. The predicted molar refractivity (Wildman–Crippen MR) is 154 cm³/mol. The van der Waals surface area contributed by atoms with Crippen molar-refractivity contribution in [3.05, 3.63) is 69.0 Å². The van der Waals surface area contributed by atoms with Gasteiger partial charge in [0.25, 0.3) is 11.5 Å². The Hall–Kier alpha value is -4.10. The van der Waals surface area contributed by atoms with E-state index in [0.717, 1.165) is 17.3 Å². The lowest BCUT2D eigenvalue weighted by Crippen LogP contribution is -2.49. The highest BCUT2D eigenvalue weighted by molar-refractivity contribution is 8.26. The fourth-order valence-corrected chi connectivity index (χ4v) is 6.00. The van der Waals surface area contributed by atoms with Gasteiger partial charge < -0.3 is 24.0 Å². The van der Waals surface area contributed by atoms with Crippen LogP contribution in [0.5, 0.6) is 11.5 Å². The number of aromatic nitrogens is 2. The number of hydrogen-bond donors (Lipinski definition) is 0. The van der Waals surface area contributed by atoms with Gasteiger partial charge in [0.1, 0.15) is 15.8 Å². The minimum Gasteiger partial charge on any atom is -0.454 e. The number of carbonyl (C=O) groups excluding carboxylic acids is 2. The van der Waals surface area contributed by atoms with Gasteiger partial charge in [-0.25, -0.2) is 9.78 Å². The average Bonchev–Trinajstić information content (AvgIpc) is 3.54. The van der Waals surface area contributed by atoms with Gasteiger partial charge in [-0.3, -0.25) is 18.9 Å². The molecule has 3 aliphatic rings. The highest BCUT2D eigenvalue weighted by atomic mass is 32.2. The third-order valence-electron chi connectivity index (χ3n) is 6.78. The minimum atomic E-state index is -0.361. The molecule has 40 heavy (non-hydrogen) atoms. The van der Waals surface area contributed by atoms with Gasteiger partial charge in [-0.2, -0.15) is 0 Å². The molecule has 5 heterocycles. The van der Waals surface area contributed by atoms with Crippen LogP contribution in [0.3, 0.4) is 0 Å². The summed E-state index contributed by atoms with van der Waals surface area (Å²) < 4.78 is 17.8. The van der Waals surface area contributed by atoms with Gasteiger partial charge in [0.15, 0.2) is 11.5 Å². The summed E-state index contributed by atoms with van der Waals surface area (Å²) in [5.41, 5.74) is 1.32. The van der Waals surface area contributed by atoms with E-state index in [4.69, 9.17) is 31.4 Å². The molecule has 1 aromatic carbocycles. The van der Waals surface area contributed by atoms with Gasteiger partial charge in [0, 0.05) is 32.4 Å². The van der Waals surface area contributed by atoms with E-state index in [1.807, 2.05) is 23.1 Å². The molecule has 2 aromatic heterocycles. The van der Waals surface area contributed by atoms with E-state index in [1.54, 1.807) is 42.3 Å². The normalized spacial score (nSPS) is 17.8. The van der Waals surface area contributed by atoms with E-state index in [9.17, 15) is 14.4 Å². The van der Waals surface area contributed by atoms with Crippen LogP contribution in [0, 0.1) is 0 Å². The molecule has 13 heteroatoms. The molecule has 0 unspecified atom stereocenters. The fourth-order valence-electron chi connectivity index (χ4n) is 4.76. The highest BCUT2D eigenvalue weighted by Crippen LogP contribution is 2.37. The van der Waals surface area contributed by atoms with Crippen molar-refractivity contribution in [1.29, 1.82) is 0 Å². The third kappa shape index (κ3) is 4.86. The van der Waals surface area contributed by atoms with Gasteiger partial charge in [-0.1, -0.05) is 36.1 Å². The zero-order valence-electron chi connectivity index (χ0n) is 21.6. The smallest absolute Gasteiger partial charge is 0.409 e. The number of thiocarbonyl (C=S) groups is 1. The molecule has 2 saturated heterocycles. The molecule has 3 aromatic rings. The van der Waals surface area contributed by atoms with E-state index >= 15 is 0 Å². The number of hydrogen-bond acceptors (Lipinski definition) is 10. The lowest BCUT2D eigenvalue weighted by molar-refractivity contribution is -0.122. The molecule has 206 valence electrons. The van der Waals surface area contributed by atoms with Crippen molar-refractivity contribution in [3.63, 3.8) is 0 Å². The summed E-state index contributed by atoms with van der Waals surface area (Å²) in [6.45, 7) is 4.26. The summed E-state index contributed by atoms with van der Waals surface area (Å²) in [6.07, 6.45) is 2.87. The highest BCUT2D eigenvalue weighted by Gasteiger charge is 2.34. The quantitative estimate of drug-likeness (QED) is 0.331. The molecule has 6 rings (SSSR count). The minimum absolute atomic E-state index is 0.165. The Bertz CT molecular complexity index is 1610. The molecule has 0 N–H and O–H groups in total. The fraction of sp³-hybridized carbons (Fsp3) is 0.296.